The molecule has 2 aromatic carbocycles. The Hall–Kier alpha value is -4.00. The number of rotatable bonds is 6. The molecule has 0 unspecified atom stereocenters. The SMILES string of the molecule is Cc1nn(-c2ccccc2)c(C)c1C=CC(=O)OCC(=O)N1CCC(c2ccccc2)=N1. The molecular weight excluding hydrogens is 404 g/mol. The Morgan fingerprint density at radius 3 is 2.44 bits per heavy atom. The summed E-state index contributed by atoms with van der Waals surface area (Å²) in [6.45, 7) is 3.96. The van der Waals surface area contributed by atoms with Crippen molar-refractivity contribution in [1.82, 2.24) is 14.8 Å². The second-order valence-electron chi connectivity index (χ2n) is 7.45. The molecule has 0 saturated heterocycles. The molecule has 7 nitrogen and oxygen atoms in total. The van der Waals surface area contributed by atoms with Crippen molar-refractivity contribution in [3.8, 4) is 5.69 Å². The van der Waals surface area contributed by atoms with Gasteiger partial charge in [-0.2, -0.15) is 10.2 Å². The van der Waals surface area contributed by atoms with Crippen LogP contribution in [0.2, 0.25) is 0 Å². The maximum atomic E-state index is 12.4. The average Bonchev–Trinajstić information content (AvgIpc) is 3.42. The van der Waals surface area contributed by atoms with Crippen molar-refractivity contribution in [2.45, 2.75) is 20.3 Å². The molecule has 0 N–H and O–H groups in total. The molecule has 162 valence electrons. The van der Waals surface area contributed by atoms with E-state index in [1.165, 1.54) is 11.1 Å². The summed E-state index contributed by atoms with van der Waals surface area (Å²) >= 11 is 0. The number of aromatic nitrogens is 2. The number of amides is 1. The lowest BCUT2D eigenvalue weighted by Crippen LogP contribution is -2.28. The number of benzene rings is 2. The maximum absolute atomic E-state index is 12.4. The Balaban J connectivity index is 1.35. The minimum atomic E-state index is -0.587. The summed E-state index contributed by atoms with van der Waals surface area (Å²) < 4.78 is 6.97. The normalized spacial score (nSPS) is 13.4. The average molecular weight is 428 g/mol. The van der Waals surface area contributed by atoms with E-state index in [-0.39, 0.29) is 12.5 Å². The van der Waals surface area contributed by atoms with Gasteiger partial charge in [-0.15, -0.1) is 0 Å². The first-order chi connectivity index (χ1) is 15.5. The van der Waals surface area contributed by atoms with Gasteiger partial charge in [0.05, 0.1) is 23.6 Å². The van der Waals surface area contributed by atoms with E-state index in [0.717, 1.165) is 33.9 Å². The van der Waals surface area contributed by atoms with Crippen LogP contribution in [-0.2, 0) is 14.3 Å². The summed E-state index contributed by atoms with van der Waals surface area (Å²) in [6, 6.07) is 19.5. The Labute approximate surface area is 186 Å². The van der Waals surface area contributed by atoms with Gasteiger partial charge >= 0.3 is 5.97 Å². The number of carbonyl (C=O) groups excluding carboxylic acids is 2. The first kappa shape index (κ1) is 21.2. The summed E-state index contributed by atoms with van der Waals surface area (Å²) in [5, 5.41) is 10.3. The van der Waals surface area contributed by atoms with Gasteiger partial charge in [0.2, 0.25) is 0 Å². The van der Waals surface area contributed by atoms with Crippen molar-refractivity contribution in [3.05, 3.63) is 89.3 Å². The largest absolute Gasteiger partial charge is 0.452 e. The fourth-order valence-corrected chi connectivity index (χ4v) is 3.59. The Morgan fingerprint density at radius 1 is 1.03 bits per heavy atom. The lowest BCUT2D eigenvalue weighted by Gasteiger charge is -2.10. The summed E-state index contributed by atoms with van der Waals surface area (Å²) in [7, 11) is 0. The molecule has 0 saturated carbocycles. The number of para-hydroxylation sites is 1. The van der Waals surface area contributed by atoms with Crippen LogP contribution in [-0.4, -0.2) is 45.5 Å². The quantitative estimate of drug-likeness (QED) is 0.443. The van der Waals surface area contributed by atoms with Gasteiger partial charge in [-0.1, -0.05) is 48.5 Å². The van der Waals surface area contributed by atoms with Crippen LogP contribution in [0.5, 0.6) is 0 Å². The van der Waals surface area contributed by atoms with Crippen LogP contribution in [0.4, 0.5) is 0 Å². The van der Waals surface area contributed by atoms with Gasteiger partial charge in [0.15, 0.2) is 6.61 Å². The van der Waals surface area contributed by atoms with Gasteiger partial charge in [0.25, 0.3) is 5.91 Å². The van der Waals surface area contributed by atoms with Crippen LogP contribution in [0, 0.1) is 13.8 Å². The molecule has 1 aliphatic heterocycles. The van der Waals surface area contributed by atoms with Gasteiger partial charge in [0.1, 0.15) is 0 Å². The molecule has 3 aromatic rings. The van der Waals surface area contributed by atoms with E-state index < -0.39 is 5.97 Å². The van der Waals surface area contributed by atoms with Gasteiger partial charge in [0, 0.05) is 23.8 Å². The number of hydrogen-bond acceptors (Lipinski definition) is 5. The van der Waals surface area contributed by atoms with Crippen molar-refractivity contribution >= 4 is 23.7 Å². The van der Waals surface area contributed by atoms with E-state index in [1.54, 1.807) is 6.08 Å². The zero-order valence-electron chi connectivity index (χ0n) is 18.1. The summed E-state index contributed by atoms with van der Waals surface area (Å²) in [5.74, 6) is -0.932. The van der Waals surface area contributed by atoms with Crippen molar-refractivity contribution in [2.75, 3.05) is 13.2 Å². The minimum absolute atomic E-state index is 0.345. The third-order valence-electron chi connectivity index (χ3n) is 5.27. The highest BCUT2D eigenvalue weighted by Crippen LogP contribution is 2.19. The molecule has 0 fully saturated rings. The van der Waals surface area contributed by atoms with Crippen LogP contribution in [0.1, 0.15) is 28.9 Å². The molecule has 32 heavy (non-hydrogen) atoms. The third kappa shape index (κ3) is 4.67. The number of ether oxygens (including phenoxy) is 1. The van der Waals surface area contributed by atoms with Gasteiger partial charge in [-0.25, -0.2) is 14.5 Å². The van der Waals surface area contributed by atoms with Crippen LogP contribution in [0.25, 0.3) is 11.8 Å². The molecule has 0 radical (unpaired) electrons. The zero-order valence-corrected chi connectivity index (χ0v) is 18.1. The Bertz CT molecular complexity index is 1180. The summed E-state index contributed by atoms with van der Waals surface area (Å²) in [4.78, 5) is 24.6. The molecule has 1 aromatic heterocycles. The molecule has 4 rings (SSSR count). The number of esters is 1. The second-order valence-corrected chi connectivity index (χ2v) is 7.45. The zero-order chi connectivity index (χ0) is 22.5. The molecular formula is C25H24N4O3. The van der Waals surface area contributed by atoms with Gasteiger partial charge in [-0.05, 0) is 37.6 Å². The van der Waals surface area contributed by atoms with Crippen molar-refractivity contribution in [1.29, 1.82) is 0 Å². The highest BCUT2D eigenvalue weighted by atomic mass is 16.5. The topological polar surface area (TPSA) is 76.8 Å². The van der Waals surface area contributed by atoms with Crippen LogP contribution < -0.4 is 0 Å². The summed E-state index contributed by atoms with van der Waals surface area (Å²) in [6.07, 6.45) is 3.67. The number of nitrogens with zero attached hydrogens (tertiary/aromatic N) is 4. The van der Waals surface area contributed by atoms with E-state index in [0.29, 0.717) is 13.0 Å². The molecule has 0 bridgehead atoms. The van der Waals surface area contributed by atoms with Crippen molar-refractivity contribution in [3.63, 3.8) is 0 Å². The fraction of sp³-hybridized carbons (Fsp3) is 0.200. The van der Waals surface area contributed by atoms with E-state index in [1.807, 2.05) is 79.2 Å². The molecule has 1 amide bonds. The number of aryl methyl sites for hydroxylation is 1. The fourth-order valence-electron chi connectivity index (χ4n) is 3.59. The van der Waals surface area contributed by atoms with E-state index in [9.17, 15) is 9.59 Å². The molecule has 2 heterocycles. The lowest BCUT2D eigenvalue weighted by atomic mass is 10.1. The number of hydrazone groups is 1. The Morgan fingerprint density at radius 2 is 1.72 bits per heavy atom. The molecule has 7 heteroatoms. The molecule has 0 atom stereocenters. The molecule has 0 spiro atoms. The number of hydrogen-bond donors (Lipinski definition) is 0. The number of carbonyl (C=O) groups is 2. The standard InChI is InChI=1S/C25H24N4O3/c1-18-22(19(2)29(26-18)21-11-7-4-8-12-21)13-14-25(31)32-17-24(30)28-16-15-23(27-28)20-9-5-3-6-10-20/h3-14H,15-17H2,1-2H3. The summed E-state index contributed by atoms with van der Waals surface area (Å²) in [5.41, 5.74) is 5.34. The van der Waals surface area contributed by atoms with E-state index >= 15 is 0 Å². The van der Waals surface area contributed by atoms with Gasteiger partial charge in [-0.3, -0.25) is 4.79 Å². The first-order valence-corrected chi connectivity index (χ1v) is 10.4. The Kier molecular flexibility index (Phi) is 6.26. The third-order valence-corrected chi connectivity index (χ3v) is 5.27. The predicted molar refractivity (Wildman–Crippen MR) is 122 cm³/mol. The highest BCUT2D eigenvalue weighted by molar-refractivity contribution is 6.02. The first-order valence-electron chi connectivity index (χ1n) is 10.4. The van der Waals surface area contributed by atoms with Crippen LogP contribution in [0.3, 0.4) is 0 Å². The van der Waals surface area contributed by atoms with E-state index in [2.05, 4.69) is 10.2 Å². The maximum Gasteiger partial charge on any atom is 0.331 e. The predicted octanol–water partition coefficient (Wildman–Crippen LogP) is 3.68. The molecule has 1 aliphatic rings. The molecule has 0 aliphatic carbocycles. The second kappa shape index (κ2) is 9.43. The highest BCUT2D eigenvalue weighted by Gasteiger charge is 2.22. The van der Waals surface area contributed by atoms with Crippen LogP contribution in [0.15, 0.2) is 71.8 Å². The van der Waals surface area contributed by atoms with Crippen LogP contribution >= 0.6 is 0 Å². The van der Waals surface area contributed by atoms with Crippen molar-refractivity contribution in [2.24, 2.45) is 5.10 Å². The van der Waals surface area contributed by atoms with E-state index in [4.69, 9.17) is 4.74 Å². The van der Waals surface area contributed by atoms with Gasteiger partial charge < -0.3 is 4.74 Å². The lowest BCUT2D eigenvalue weighted by molar-refractivity contribution is -0.147. The monoisotopic (exact) mass is 428 g/mol. The van der Waals surface area contributed by atoms with Crippen molar-refractivity contribution < 1.29 is 14.3 Å². The smallest absolute Gasteiger partial charge is 0.331 e. The minimum Gasteiger partial charge on any atom is -0.452 e.